The summed E-state index contributed by atoms with van der Waals surface area (Å²) in [7, 11) is 0. The van der Waals surface area contributed by atoms with Gasteiger partial charge in [-0.25, -0.2) is 0 Å². The van der Waals surface area contributed by atoms with Crippen molar-refractivity contribution in [1.29, 1.82) is 0 Å². The molecule has 3 rings (SSSR count). The van der Waals surface area contributed by atoms with Gasteiger partial charge in [-0.2, -0.15) is 0 Å². The first kappa shape index (κ1) is 15.6. The summed E-state index contributed by atoms with van der Waals surface area (Å²) < 4.78 is 0. The van der Waals surface area contributed by atoms with Gasteiger partial charge in [-0.15, -0.1) is 0 Å². The summed E-state index contributed by atoms with van der Waals surface area (Å²) in [6.45, 7) is 1.20. The van der Waals surface area contributed by atoms with Gasteiger partial charge >= 0.3 is 0 Å². The van der Waals surface area contributed by atoms with E-state index in [1.54, 1.807) is 6.07 Å². The molecular formula is C16H18Cl2N2O2. The van der Waals surface area contributed by atoms with Crippen molar-refractivity contribution >= 4 is 35.0 Å². The van der Waals surface area contributed by atoms with E-state index in [0.29, 0.717) is 29.4 Å². The van der Waals surface area contributed by atoms with Gasteiger partial charge in [-0.3, -0.25) is 9.59 Å². The van der Waals surface area contributed by atoms with Crippen molar-refractivity contribution in [2.75, 3.05) is 13.1 Å². The molecule has 0 unspecified atom stereocenters. The van der Waals surface area contributed by atoms with Crippen LogP contribution in [0.2, 0.25) is 10.0 Å². The number of carbonyl (C=O) groups excluding carboxylic acids is 2. The third-order valence-corrected chi connectivity index (χ3v) is 5.22. The third-order valence-electron chi connectivity index (χ3n) is 4.48. The second-order valence-electron chi connectivity index (χ2n) is 5.90. The van der Waals surface area contributed by atoms with Crippen LogP contribution in [0.15, 0.2) is 18.2 Å². The molecule has 0 spiro atoms. The van der Waals surface area contributed by atoms with Crippen molar-refractivity contribution in [3.8, 4) is 0 Å². The van der Waals surface area contributed by atoms with Crippen LogP contribution in [-0.2, 0) is 9.59 Å². The summed E-state index contributed by atoms with van der Waals surface area (Å²) in [5, 5.41) is 3.82. The van der Waals surface area contributed by atoms with E-state index >= 15 is 0 Å². The van der Waals surface area contributed by atoms with Crippen LogP contribution < -0.4 is 5.32 Å². The van der Waals surface area contributed by atoms with Crippen molar-refractivity contribution in [1.82, 2.24) is 10.2 Å². The fraction of sp³-hybridized carbons (Fsp3) is 0.500. The molecule has 6 heteroatoms. The standard InChI is InChI=1S/C16H18Cl2N2O2/c17-12-5-3-10(8-13(12)18)14-2-1-7-20(14)16(22)11-4-6-15(21)19-9-11/h3,5,8,11,14H,1-2,4,6-7,9H2,(H,19,21)/t11-,14-/m1/s1. The predicted molar refractivity (Wildman–Crippen MR) is 85.9 cm³/mol. The Kier molecular flexibility index (Phi) is 4.59. The molecule has 0 bridgehead atoms. The summed E-state index contributed by atoms with van der Waals surface area (Å²) in [5.41, 5.74) is 1.03. The molecule has 118 valence electrons. The van der Waals surface area contributed by atoms with Gasteiger partial charge in [0.25, 0.3) is 0 Å². The first-order chi connectivity index (χ1) is 10.6. The molecule has 0 radical (unpaired) electrons. The minimum atomic E-state index is -0.110. The number of hydrogen-bond acceptors (Lipinski definition) is 2. The number of rotatable bonds is 2. The molecule has 2 atom stereocenters. The van der Waals surface area contributed by atoms with Gasteiger partial charge in [0.2, 0.25) is 11.8 Å². The fourth-order valence-electron chi connectivity index (χ4n) is 3.27. The second kappa shape index (κ2) is 6.47. The van der Waals surface area contributed by atoms with Gasteiger partial charge in [-0.05, 0) is 37.0 Å². The van der Waals surface area contributed by atoms with E-state index in [2.05, 4.69) is 5.32 Å². The Morgan fingerprint density at radius 3 is 2.73 bits per heavy atom. The first-order valence-corrected chi connectivity index (χ1v) is 8.34. The molecule has 2 fully saturated rings. The molecule has 1 N–H and O–H groups in total. The van der Waals surface area contributed by atoms with Crippen LogP contribution in [0, 0.1) is 5.92 Å². The number of benzene rings is 1. The van der Waals surface area contributed by atoms with Gasteiger partial charge in [0.15, 0.2) is 0 Å². The van der Waals surface area contributed by atoms with Crippen molar-refractivity contribution in [2.45, 2.75) is 31.7 Å². The number of nitrogens with one attached hydrogen (secondary N) is 1. The predicted octanol–water partition coefficient (Wildman–Crippen LogP) is 3.18. The number of amides is 2. The van der Waals surface area contributed by atoms with E-state index in [4.69, 9.17) is 23.2 Å². The molecule has 2 aliphatic rings. The SMILES string of the molecule is O=C1CC[C@@H](C(=O)N2CCC[C@@H]2c2ccc(Cl)c(Cl)c2)CN1. The highest BCUT2D eigenvalue weighted by Gasteiger charge is 2.35. The molecular weight excluding hydrogens is 323 g/mol. The lowest BCUT2D eigenvalue weighted by Crippen LogP contribution is -2.44. The smallest absolute Gasteiger partial charge is 0.227 e. The molecule has 0 aromatic heterocycles. The van der Waals surface area contributed by atoms with Crippen LogP contribution in [0.5, 0.6) is 0 Å². The first-order valence-electron chi connectivity index (χ1n) is 7.58. The fourth-order valence-corrected chi connectivity index (χ4v) is 3.58. The molecule has 0 saturated carbocycles. The topological polar surface area (TPSA) is 49.4 Å². The van der Waals surface area contributed by atoms with Crippen LogP contribution in [0.25, 0.3) is 0 Å². The summed E-state index contributed by atoms with van der Waals surface area (Å²) in [4.78, 5) is 25.9. The van der Waals surface area contributed by atoms with E-state index in [-0.39, 0.29) is 23.8 Å². The van der Waals surface area contributed by atoms with Gasteiger partial charge in [0.1, 0.15) is 0 Å². The maximum absolute atomic E-state index is 12.8. The summed E-state index contributed by atoms with van der Waals surface area (Å²) in [6.07, 6.45) is 2.98. The number of carbonyl (C=O) groups is 2. The lowest BCUT2D eigenvalue weighted by Gasteiger charge is -2.31. The highest BCUT2D eigenvalue weighted by atomic mass is 35.5. The zero-order chi connectivity index (χ0) is 15.7. The van der Waals surface area contributed by atoms with E-state index in [1.165, 1.54) is 0 Å². The van der Waals surface area contributed by atoms with Crippen molar-refractivity contribution in [3.05, 3.63) is 33.8 Å². The van der Waals surface area contributed by atoms with Crippen LogP contribution in [0.1, 0.15) is 37.3 Å². The van der Waals surface area contributed by atoms with Gasteiger partial charge < -0.3 is 10.2 Å². The van der Waals surface area contributed by atoms with Crippen molar-refractivity contribution in [3.63, 3.8) is 0 Å². The Labute approximate surface area is 139 Å². The number of halogens is 2. The number of piperidine rings is 1. The maximum Gasteiger partial charge on any atom is 0.227 e. The average Bonchev–Trinajstić information content (AvgIpc) is 2.99. The Hall–Kier alpha value is -1.26. The quantitative estimate of drug-likeness (QED) is 0.898. The molecule has 1 aromatic carbocycles. The van der Waals surface area contributed by atoms with E-state index in [0.717, 1.165) is 24.9 Å². The van der Waals surface area contributed by atoms with Crippen molar-refractivity contribution in [2.24, 2.45) is 5.92 Å². The third kappa shape index (κ3) is 3.08. The molecule has 2 amide bonds. The monoisotopic (exact) mass is 340 g/mol. The summed E-state index contributed by atoms with van der Waals surface area (Å²) in [6, 6.07) is 5.62. The summed E-state index contributed by atoms with van der Waals surface area (Å²) in [5.74, 6) is 0.0566. The average molecular weight is 341 g/mol. The number of hydrogen-bond donors (Lipinski definition) is 1. The number of nitrogens with zero attached hydrogens (tertiary/aromatic N) is 1. The zero-order valence-electron chi connectivity index (χ0n) is 12.1. The van der Waals surface area contributed by atoms with Gasteiger partial charge in [-0.1, -0.05) is 29.3 Å². The molecule has 0 aliphatic carbocycles. The van der Waals surface area contributed by atoms with Gasteiger partial charge in [0, 0.05) is 19.5 Å². The highest BCUT2D eigenvalue weighted by molar-refractivity contribution is 6.42. The molecule has 2 heterocycles. The Morgan fingerprint density at radius 2 is 2.05 bits per heavy atom. The van der Waals surface area contributed by atoms with Crippen molar-refractivity contribution < 1.29 is 9.59 Å². The van der Waals surface area contributed by atoms with E-state index < -0.39 is 0 Å². The number of likely N-dealkylation sites (tertiary alicyclic amines) is 1. The second-order valence-corrected chi connectivity index (χ2v) is 6.72. The molecule has 22 heavy (non-hydrogen) atoms. The van der Waals surface area contributed by atoms with Crippen LogP contribution in [-0.4, -0.2) is 29.8 Å². The largest absolute Gasteiger partial charge is 0.355 e. The van der Waals surface area contributed by atoms with Crippen LogP contribution in [0.4, 0.5) is 0 Å². The highest BCUT2D eigenvalue weighted by Crippen LogP contribution is 2.36. The molecule has 2 saturated heterocycles. The Morgan fingerprint density at radius 1 is 1.23 bits per heavy atom. The van der Waals surface area contributed by atoms with E-state index in [9.17, 15) is 9.59 Å². The molecule has 4 nitrogen and oxygen atoms in total. The maximum atomic E-state index is 12.8. The Balaban J connectivity index is 1.76. The molecule has 2 aliphatic heterocycles. The van der Waals surface area contributed by atoms with Crippen LogP contribution in [0.3, 0.4) is 0 Å². The molecule has 1 aromatic rings. The lowest BCUT2D eigenvalue weighted by atomic mass is 9.96. The zero-order valence-corrected chi connectivity index (χ0v) is 13.7. The van der Waals surface area contributed by atoms with Crippen LogP contribution >= 0.6 is 23.2 Å². The normalized spacial score (nSPS) is 25.2. The minimum Gasteiger partial charge on any atom is -0.355 e. The minimum absolute atomic E-state index is 0.0338. The van der Waals surface area contributed by atoms with Gasteiger partial charge in [0.05, 0.1) is 22.0 Å². The summed E-state index contributed by atoms with van der Waals surface area (Å²) >= 11 is 12.1. The van der Waals surface area contributed by atoms with E-state index in [1.807, 2.05) is 17.0 Å². The lowest BCUT2D eigenvalue weighted by molar-refractivity contribution is -0.138. The Bertz CT molecular complexity index is 596.